The van der Waals surface area contributed by atoms with Crippen molar-refractivity contribution in [1.82, 2.24) is 0 Å². The van der Waals surface area contributed by atoms with Crippen molar-refractivity contribution < 1.29 is 4.74 Å². The Labute approximate surface area is 102 Å². The van der Waals surface area contributed by atoms with Gasteiger partial charge in [0.05, 0.1) is 12.0 Å². The molecule has 0 saturated heterocycles. The molecular weight excluding hydrogens is 218 g/mol. The summed E-state index contributed by atoms with van der Waals surface area (Å²) < 4.78 is 5.42. The normalized spacial score (nSPS) is 19.2. The van der Waals surface area contributed by atoms with Crippen LogP contribution >= 0.6 is 11.8 Å². The molecule has 0 radical (unpaired) electrons. The lowest BCUT2D eigenvalue weighted by Crippen LogP contribution is -2.32. The molecule has 2 rings (SSSR count). The zero-order chi connectivity index (χ0) is 11.8. The number of benzene rings is 1. The molecule has 1 atom stereocenters. The minimum absolute atomic E-state index is 0.201. The van der Waals surface area contributed by atoms with Crippen molar-refractivity contribution in [3.63, 3.8) is 0 Å². The molecule has 1 aromatic carbocycles. The monoisotopic (exact) mass is 237 g/mol. The highest BCUT2D eigenvalue weighted by Crippen LogP contribution is 2.54. The summed E-state index contributed by atoms with van der Waals surface area (Å²) >= 11 is 1.75. The molecule has 16 heavy (non-hydrogen) atoms. The Kier molecular flexibility index (Phi) is 3.17. The van der Waals surface area contributed by atoms with Gasteiger partial charge in [-0.15, -0.1) is 11.8 Å². The maximum absolute atomic E-state index is 6.13. The van der Waals surface area contributed by atoms with Crippen LogP contribution in [0.3, 0.4) is 0 Å². The maximum atomic E-state index is 6.13. The molecule has 1 aliphatic carbocycles. The molecule has 0 heterocycles. The Balaban J connectivity index is 2.49. The summed E-state index contributed by atoms with van der Waals surface area (Å²) in [6.45, 7) is 2.11. The topological polar surface area (TPSA) is 35.2 Å². The van der Waals surface area contributed by atoms with E-state index in [-0.39, 0.29) is 11.5 Å². The van der Waals surface area contributed by atoms with Crippen LogP contribution in [0.25, 0.3) is 0 Å². The second-order valence-electron chi connectivity index (χ2n) is 4.49. The smallest absolute Gasteiger partial charge is 0.132 e. The molecule has 0 spiro atoms. The van der Waals surface area contributed by atoms with Gasteiger partial charge in [0, 0.05) is 11.5 Å². The fraction of sp³-hybridized carbons (Fsp3) is 0.538. The van der Waals surface area contributed by atoms with E-state index < -0.39 is 0 Å². The molecule has 0 aliphatic heterocycles. The first kappa shape index (κ1) is 11.8. The third kappa shape index (κ3) is 1.72. The maximum Gasteiger partial charge on any atom is 0.132 e. The lowest BCUT2D eigenvalue weighted by molar-refractivity contribution is 0.401. The van der Waals surface area contributed by atoms with Crippen molar-refractivity contribution in [1.29, 1.82) is 0 Å². The van der Waals surface area contributed by atoms with Gasteiger partial charge in [-0.2, -0.15) is 0 Å². The highest BCUT2D eigenvalue weighted by atomic mass is 32.2. The lowest BCUT2D eigenvalue weighted by atomic mass is 9.89. The molecule has 0 aromatic heterocycles. The quantitative estimate of drug-likeness (QED) is 0.818. The minimum atomic E-state index is 0.201. The molecule has 1 fully saturated rings. The summed E-state index contributed by atoms with van der Waals surface area (Å²) in [6, 6.07) is 6.50. The van der Waals surface area contributed by atoms with Gasteiger partial charge in [0.15, 0.2) is 0 Å². The largest absolute Gasteiger partial charge is 0.496 e. The van der Waals surface area contributed by atoms with E-state index in [9.17, 15) is 0 Å². The Morgan fingerprint density at radius 1 is 1.44 bits per heavy atom. The number of nitrogens with two attached hydrogens (primary N) is 1. The van der Waals surface area contributed by atoms with E-state index in [0.717, 1.165) is 5.75 Å². The van der Waals surface area contributed by atoms with E-state index in [2.05, 4.69) is 25.3 Å². The van der Waals surface area contributed by atoms with Crippen LogP contribution in [-0.4, -0.2) is 19.4 Å². The Morgan fingerprint density at radius 3 is 2.56 bits per heavy atom. The van der Waals surface area contributed by atoms with Gasteiger partial charge in [-0.3, -0.25) is 0 Å². The second kappa shape index (κ2) is 4.30. The van der Waals surface area contributed by atoms with E-state index in [1.165, 1.54) is 23.3 Å². The molecule has 2 N–H and O–H groups in total. The molecule has 88 valence electrons. The SMILES string of the molecule is COc1cccc(C2(C(C)N)CC2)c1SC. The summed E-state index contributed by atoms with van der Waals surface area (Å²) in [5, 5.41) is 0. The molecule has 0 amide bonds. The Morgan fingerprint density at radius 2 is 2.12 bits per heavy atom. The van der Waals surface area contributed by atoms with E-state index in [1.807, 2.05) is 6.07 Å². The summed E-state index contributed by atoms with van der Waals surface area (Å²) in [5.41, 5.74) is 7.70. The second-order valence-corrected chi connectivity index (χ2v) is 5.30. The van der Waals surface area contributed by atoms with Crippen molar-refractivity contribution in [3.8, 4) is 5.75 Å². The third-order valence-electron chi connectivity index (χ3n) is 3.60. The van der Waals surface area contributed by atoms with E-state index in [4.69, 9.17) is 10.5 Å². The Bertz CT molecular complexity index is 386. The van der Waals surface area contributed by atoms with Gasteiger partial charge < -0.3 is 10.5 Å². The van der Waals surface area contributed by atoms with Gasteiger partial charge in [-0.05, 0) is 37.7 Å². The molecule has 2 nitrogen and oxygen atoms in total. The number of ether oxygens (including phenoxy) is 1. The zero-order valence-corrected chi connectivity index (χ0v) is 10.9. The van der Waals surface area contributed by atoms with Crippen molar-refractivity contribution in [2.75, 3.05) is 13.4 Å². The predicted octanol–water partition coefficient (Wildman–Crippen LogP) is 2.80. The first-order valence-electron chi connectivity index (χ1n) is 5.63. The number of hydrogen-bond acceptors (Lipinski definition) is 3. The number of methoxy groups -OCH3 is 1. The molecule has 1 saturated carbocycles. The van der Waals surface area contributed by atoms with E-state index >= 15 is 0 Å². The van der Waals surface area contributed by atoms with Gasteiger partial charge in [-0.1, -0.05) is 12.1 Å². The molecule has 0 bridgehead atoms. The van der Waals surface area contributed by atoms with E-state index in [0.29, 0.717) is 0 Å². The lowest BCUT2D eigenvalue weighted by Gasteiger charge is -2.23. The number of rotatable bonds is 4. The summed E-state index contributed by atoms with van der Waals surface area (Å²) in [5.74, 6) is 0.969. The van der Waals surface area contributed by atoms with Crippen molar-refractivity contribution in [3.05, 3.63) is 23.8 Å². The van der Waals surface area contributed by atoms with Crippen LogP contribution in [0.1, 0.15) is 25.3 Å². The fourth-order valence-electron chi connectivity index (χ4n) is 2.38. The minimum Gasteiger partial charge on any atom is -0.496 e. The number of thioether (sulfide) groups is 1. The summed E-state index contributed by atoms with van der Waals surface area (Å²) in [6.07, 6.45) is 4.50. The van der Waals surface area contributed by atoms with Gasteiger partial charge in [0.1, 0.15) is 5.75 Å². The highest BCUT2D eigenvalue weighted by Gasteiger charge is 2.48. The standard InChI is InChI=1S/C13H19NOS/c1-9(14)13(7-8-13)10-5-4-6-11(15-2)12(10)16-3/h4-6,9H,7-8,14H2,1-3H3. The molecule has 1 aliphatic rings. The van der Waals surface area contributed by atoms with E-state index in [1.54, 1.807) is 18.9 Å². The number of hydrogen-bond donors (Lipinski definition) is 1. The van der Waals surface area contributed by atoms with Crippen molar-refractivity contribution in [2.24, 2.45) is 5.73 Å². The molecule has 1 aromatic rings. The average Bonchev–Trinajstić information content (AvgIpc) is 3.09. The van der Waals surface area contributed by atoms with Crippen molar-refractivity contribution >= 4 is 11.8 Å². The van der Waals surface area contributed by atoms with Crippen LogP contribution in [0, 0.1) is 0 Å². The predicted molar refractivity (Wildman–Crippen MR) is 69.3 cm³/mol. The first-order valence-corrected chi connectivity index (χ1v) is 6.85. The molecule has 1 unspecified atom stereocenters. The van der Waals surface area contributed by atoms with Crippen LogP contribution < -0.4 is 10.5 Å². The van der Waals surface area contributed by atoms with Gasteiger partial charge in [0.25, 0.3) is 0 Å². The molecule has 3 heteroatoms. The van der Waals surface area contributed by atoms with Crippen LogP contribution in [0.2, 0.25) is 0 Å². The van der Waals surface area contributed by atoms with Gasteiger partial charge >= 0.3 is 0 Å². The van der Waals surface area contributed by atoms with Crippen molar-refractivity contribution in [2.45, 2.75) is 36.1 Å². The highest BCUT2D eigenvalue weighted by molar-refractivity contribution is 7.98. The van der Waals surface area contributed by atoms with Crippen LogP contribution in [0.4, 0.5) is 0 Å². The van der Waals surface area contributed by atoms with Crippen LogP contribution in [-0.2, 0) is 5.41 Å². The summed E-state index contributed by atoms with van der Waals surface area (Å²) in [4.78, 5) is 1.25. The third-order valence-corrected chi connectivity index (χ3v) is 4.43. The average molecular weight is 237 g/mol. The van der Waals surface area contributed by atoms with Gasteiger partial charge in [-0.25, -0.2) is 0 Å². The summed E-state index contributed by atoms with van der Waals surface area (Å²) in [7, 11) is 1.73. The van der Waals surface area contributed by atoms with Crippen LogP contribution in [0.5, 0.6) is 5.75 Å². The zero-order valence-electron chi connectivity index (χ0n) is 10.1. The fourth-order valence-corrected chi connectivity index (χ4v) is 3.23. The molecular formula is C13H19NOS. The first-order chi connectivity index (χ1) is 7.65. The van der Waals surface area contributed by atoms with Gasteiger partial charge in [0.2, 0.25) is 0 Å². The Hall–Kier alpha value is -0.670. The van der Waals surface area contributed by atoms with Crippen LogP contribution in [0.15, 0.2) is 23.1 Å².